The first-order valence-corrected chi connectivity index (χ1v) is 7.94. The van der Waals surface area contributed by atoms with Gasteiger partial charge in [-0.2, -0.15) is 0 Å². The zero-order chi connectivity index (χ0) is 15.6. The van der Waals surface area contributed by atoms with E-state index in [1.165, 1.54) is 0 Å². The molecule has 0 saturated carbocycles. The van der Waals surface area contributed by atoms with E-state index in [0.29, 0.717) is 19.4 Å². The van der Waals surface area contributed by atoms with Gasteiger partial charge < -0.3 is 9.84 Å². The van der Waals surface area contributed by atoms with Crippen molar-refractivity contribution in [3.8, 4) is 0 Å². The Hall–Kier alpha value is -1.51. The summed E-state index contributed by atoms with van der Waals surface area (Å²) in [5.41, 5.74) is -0.668. The third-order valence-electron chi connectivity index (χ3n) is 3.29. The quantitative estimate of drug-likeness (QED) is 0.875. The lowest BCUT2D eigenvalue weighted by Crippen LogP contribution is -2.41. The number of halogens is 1. The van der Waals surface area contributed by atoms with Crippen LogP contribution in [0, 0.1) is 5.82 Å². The first-order chi connectivity index (χ1) is 9.79. The molecule has 0 spiro atoms. The van der Waals surface area contributed by atoms with Crippen LogP contribution >= 0.6 is 0 Å². The summed E-state index contributed by atoms with van der Waals surface area (Å²) in [6.07, 6.45) is 1.03. The lowest BCUT2D eigenvalue weighted by molar-refractivity contribution is 0.0173. The molecule has 21 heavy (non-hydrogen) atoms. The lowest BCUT2D eigenvalue weighted by atomic mass is 10.1. The van der Waals surface area contributed by atoms with Crippen molar-refractivity contribution in [2.24, 2.45) is 0 Å². The highest BCUT2D eigenvalue weighted by Crippen LogP contribution is 2.19. The van der Waals surface area contributed by atoms with Crippen LogP contribution in [0.5, 0.6) is 0 Å². The monoisotopic (exact) mass is 317 g/mol. The molecule has 0 radical (unpaired) electrons. The van der Waals surface area contributed by atoms with E-state index in [1.807, 2.05) is 6.92 Å². The van der Waals surface area contributed by atoms with Gasteiger partial charge in [0.1, 0.15) is 5.82 Å². The minimum Gasteiger partial charge on any atom is -0.478 e. The standard InChI is InChI=1S/C13H16FNO5S/c1-8-6-9(4-5-20-8)15-21(18,19)10-2-3-12(14)11(7-10)13(16)17/h2-3,7-9,15H,4-6H2,1H3,(H,16,17). The van der Waals surface area contributed by atoms with Gasteiger partial charge in [-0.1, -0.05) is 0 Å². The van der Waals surface area contributed by atoms with E-state index in [0.717, 1.165) is 18.2 Å². The summed E-state index contributed by atoms with van der Waals surface area (Å²) in [6, 6.07) is 2.43. The maximum Gasteiger partial charge on any atom is 0.338 e. The highest BCUT2D eigenvalue weighted by molar-refractivity contribution is 7.89. The second kappa shape index (κ2) is 6.08. The van der Waals surface area contributed by atoms with Crippen molar-refractivity contribution in [2.75, 3.05) is 6.61 Å². The molecule has 0 aliphatic carbocycles. The van der Waals surface area contributed by atoms with Crippen LogP contribution in [0.15, 0.2) is 23.1 Å². The van der Waals surface area contributed by atoms with Crippen LogP contribution in [-0.2, 0) is 14.8 Å². The van der Waals surface area contributed by atoms with Gasteiger partial charge in [-0.3, -0.25) is 0 Å². The van der Waals surface area contributed by atoms with E-state index in [-0.39, 0.29) is 17.0 Å². The number of ether oxygens (including phenoxy) is 1. The van der Waals surface area contributed by atoms with Crippen molar-refractivity contribution in [3.05, 3.63) is 29.6 Å². The normalized spacial score (nSPS) is 23.0. The summed E-state index contributed by atoms with van der Waals surface area (Å²) in [5, 5.41) is 8.84. The van der Waals surface area contributed by atoms with Crippen molar-refractivity contribution in [2.45, 2.75) is 36.8 Å². The Kier molecular flexibility index (Phi) is 4.60. The molecular formula is C13H16FNO5S. The maximum atomic E-state index is 13.3. The van der Waals surface area contributed by atoms with Crippen molar-refractivity contribution < 1.29 is 27.4 Å². The van der Waals surface area contributed by atoms with Crippen LogP contribution in [-0.4, -0.2) is 38.2 Å². The van der Waals surface area contributed by atoms with Gasteiger partial charge in [-0.25, -0.2) is 22.3 Å². The fourth-order valence-electron chi connectivity index (χ4n) is 2.23. The van der Waals surface area contributed by atoms with Gasteiger partial charge in [0.15, 0.2) is 0 Å². The van der Waals surface area contributed by atoms with Crippen LogP contribution < -0.4 is 4.72 Å². The first kappa shape index (κ1) is 15.9. The third-order valence-corrected chi connectivity index (χ3v) is 4.80. The predicted molar refractivity (Wildman–Crippen MR) is 72.1 cm³/mol. The Morgan fingerprint density at radius 2 is 2.19 bits per heavy atom. The highest BCUT2D eigenvalue weighted by atomic mass is 32.2. The molecule has 0 amide bonds. The van der Waals surface area contributed by atoms with E-state index in [4.69, 9.17) is 9.84 Å². The molecule has 2 rings (SSSR count). The number of hydrogen-bond donors (Lipinski definition) is 2. The topological polar surface area (TPSA) is 92.7 Å². The predicted octanol–water partition coefficient (Wildman–Crippen LogP) is 1.37. The summed E-state index contributed by atoms with van der Waals surface area (Å²) in [6.45, 7) is 2.30. The molecule has 1 aromatic carbocycles. The molecule has 2 unspecified atom stereocenters. The van der Waals surface area contributed by atoms with Gasteiger partial charge in [0, 0.05) is 12.6 Å². The van der Waals surface area contributed by atoms with Crippen LogP contribution in [0.1, 0.15) is 30.1 Å². The van der Waals surface area contributed by atoms with Crippen LogP contribution in [0.25, 0.3) is 0 Å². The molecule has 1 fully saturated rings. The Balaban J connectivity index is 2.23. The number of carboxylic acid groups (broad SMARTS) is 1. The number of carboxylic acids is 1. The Morgan fingerprint density at radius 1 is 1.48 bits per heavy atom. The summed E-state index contributed by atoms with van der Waals surface area (Å²) in [5.74, 6) is -2.48. The molecule has 1 heterocycles. The fraction of sp³-hybridized carbons (Fsp3) is 0.462. The number of rotatable bonds is 4. The molecule has 8 heteroatoms. The molecule has 116 valence electrons. The molecule has 2 atom stereocenters. The van der Waals surface area contributed by atoms with E-state index >= 15 is 0 Å². The second-order valence-electron chi connectivity index (χ2n) is 4.97. The minimum absolute atomic E-state index is 0.0470. The van der Waals surface area contributed by atoms with Crippen molar-refractivity contribution >= 4 is 16.0 Å². The van der Waals surface area contributed by atoms with E-state index in [1.54, 1.807) is 0 Å². The van der Waals surface area contributed by atoms with Crippen LogP contribution in [0.4, 0.5) is 4.39 Å². The van der Waals surface area contributed by atoms with Gasteiger partial charge in [0.2, 0.25) is 10.0 Å². The van der Waals surface area contributed by atoms with Crippen molar-refractivity contribution in [3.63, 3.8) is 0 Å². The van der Waals surface area contributed by atoms with E-state index in [9.17, 15) is 17.6 Å². The molecule has 0 bridgehead atoms. The summed E-state index contributed by atoms with van der Waals surface area (Å²) < 4.78 is 45.6. The van der Waals surface area contributed by atoms with Gasteiger partial charge in [0.25, 0.3) is 0 Å². The van der Waals surface area contributed by atoms with Gasteiger partial charge >= 0.3 is 5.97 Å². The van der Waals surface area contributed by atoms with E-state index in [2.05, 4.69) is 4.72 Å². The van der Waals surface area contributed by atoms with Crippen LogP contribution in [0.2, 0.25) is 0 Å². The van der Waals surface area contributed by atoms with Gasteiger partial charge in [-0.05, 0) is 38.0 Å². The summed E-state index contributed by atoms with van der Waals surface area (Å²) >= 11 is 0. The third kappa shape index (κ3) is 3.78. The Bertz CT molecular complexity index is 646. The average Bonchev–Trinajstić information content (AvgIpc) is 2.38. The summed E-state index contributed by atoms with van der Waals surface area (Å²) in [7, 11) is -3.89. The maximum absolute atomic E-state index is 13.3. The zero-order valence-electron chi connectivity index (χ0n) is 11.4. The molecule has 1 aliphatic rings. The Labute approximate surface area is 122 Å². The van der Waals surface area contributed by atoms with E-state index < -0.39 is 27.4 Å². The van der Waals surface area contributed by atoms with Crippen LogP contribution in [0.3, 0.4) is 0 Å². The smallest absolute Gasteiger partial charge is 0.338 e. The minimum atomic E-state index is -3.89. The highest BCUT2D eigenvalue weighted by Gasteiger charge is 2.26. The largest absolute Gasteiger partial charge is 0.478 e. The van der Waals surface area contributed by atoms with Crippen molar-refractivity contribution in [1.29, 1.82) is 0 Å². The molecule has 2 N–H and O–H groups in total. The number of aromatic carboxylic acids is 1. The van der Waals surface area contributed by atoms with Gasteiger partial charge in [0.05, 0.1) is 16.6 Å². The molecule has 0 aromatic heterocycles. The zero-order valence-corrected chi connectivity index (χ0v) is 12.2. The second-order valence-corrected chi connectivity index (χ2v) is 6.68. The number of hydrogen-bond acceptors (Lipinski definition) is 4. The SMILES string of the molecule is CC1CC(NS(=O)(=O)c2ccc(F)c(C(=O)O)c2)CCO1. The number of nitrogens with one attached hydrogen (secondary N) is 1. The number of carbonyl (C=O) groups is 1. The van der Waals surface area contributed by atoms with Gasteiger partial charge in [-0.15, -0.1) is 0 Å². The molecular weight excluding hydrogens is 301 g/mol. The Morgan fingerprint density at radius 3 is 2.81 bits per heavy atom. The summed E-state index contributed by atoms with van der Waals surface area (Å²) in [4.78, 5) is 10.6. The molecule has 1 aliphatic heterocycles. The van der Waals surface area contributed by atoms with Crippen molar-refractivity contribution in [1.82, 2.24) is 4.72 Å². The molecule has 6 nitrogen and oxygen atoms in total. The molecule has 1 aromatic rings. The number of sulfonamides is 1. The first-order valence-electron chi connectivity index (χ1n) is 6.46. The fourth-order valence-corrected chi connectivity index (χ4v) is 3.54. The lowest BCUT2D eigenvalue weighted by Gasteiger charge is -2.27. The molecule has 1 saturated heterocycles. The number of benzene rings is 1. The average molecular weight is 317 g/mol.